The fraction of sp³-hybridized carbons (Fsp3) is 0.111. The zero-order valence-corrected chi connectivity index (χ0v) is 8.25. The van der Waals surface area contributed by atoms with Crippen molar-refractivity contribution in [1.29, 1.82) is 0 Å². The summed E-state index contributed by atoms with van der Waals surface area (Å²) in [6.07, 6.45) is 0.778. The van der Waals surface area contributed by atoms with Gasteiger partial charge in [-0.1, -0.05) is 22.8 Å². The molecule has 4 nitrogen and oxygen atoms in total. The minimum Gasteiger partial charge on any atom is -0.411 e. The maximum atomic E-state index is 11.0. The van der Waals surface area contributed by atoms with E-state index in [2.05, 4.69) is 10.5 Å². The van der Waals surface area contributed by atoms with Gasteiger partial charge in [-0.15, -0.1) is 0 Å². The van der Waals surface area contributed by atoms with E-state index in [1.807, 2.05) is 6.92 Å². The van der Waals surface area contributed by atoms with Gasteiger partial charge in [0, 0.05) is 10.7 Å². The summed E-state index contributed by atoms with van der Waals surface area (Å²) >= 11 is 5.74. The summed E-state index contributed by atoms with van der Waals surface area (Å²) in [5.41, 5.74) is 1.48. The lowest BCUT2D eigenvalue weighted by molar-refractivity contribution is -0.110. The maximum absolute atomic E-state index is 11.0. The van der Waals surface area contributed by atoms with E-state index in [1.165, 1.54) is 0 Å². The number of oxime groups is 1. The number of amides is 1. The van der Waals surface area contributed by atoms with Crippen LogP contribution in [0.1, 0.15) is 5.56 Å². The number of hydrogen-bond acceptors (Lipinski definition) is 3. The number of benzene rings is 1. The van der Waals surface area contributed by atoms with Gasteiger partial charge in [-0.05, 0) is 24.6 Å². The van der Waals surface area contributed by atoms with Crippen LogP contribution in [0.15, 0.2) is 23.4 Å². The predicted molar refractivity (Wildman–Crippen MR) is 55.1 cm³/mol. The number of aryl methyl sites for hydroxylation is 1. The van der Waals surface area contributed by atoms with Crippen LogP contribution in [0, 0.1) is 6.92 Å². The quantitative estimate of drug-likeness (QED) is 0.448. The van der Waals surface area contributed by atoms with Crippen molar-refractivity contribution >= 4 is 29.4 Å². The zero-order chi connectivity index (χ0) is 10.6. The molecule has 0 aliphatic heterocycles. The van der Waals surface area contributed by atoms with Crippen molar-refractivity contribution in [1.82, 2.24) is 0 Å². The van der Waals surface area contributed by atoms with E-state index in [0.29, 0.717) is 10.7 Å². The van der Waals surface area contributed by atoms with E-state index in [9.17, 15) is 4.79 Å². The van der Waals surface area contributed by atoms with Crippen molar-refractivity contribution in [2.24, 2.45) is 5.16 Å². The highest BCUT2D eigenvalue weighted by molar-refractivity contribution is 6.33. The van der Waals surface area contributed by atoms with Crippen molar-refractivity contribution in [3.63, 3.8) is 0 Å². The molecule has 0 aliphatic carbocycles. The van der Waals surface area contributed by atoms with E-state index < -0.39 is 5.91 Å². The SMILES string of the molecule is Cc1ccc(Cl)cc1NC(=O)/C=N\O. The van der Waals surface area contributed by atoms with Gasteiger partial charge in [-0.2, -0.15) is 0 Å². The maximum Gasteiger partial charge on any atom is 0.270 e. The molecule has 5 heteroatoms. The molecule has 0 atom stereocenters. The number of carbonyl (C=O) groups excluding carboxylic acids is 1. The molecular formula is C9H9ClN2O2. The molecule has 0 saturated heterocycles. The number of carbonyl (C=O) groups is 1. The summed E-state index contributed by atoms with van der Waals surface area (Å²) in [5, 5.41) is 13.8. The molecule has 1 rings (SSSR count). The van der Waals surface area contributed by atoms with Crippen LogP contribution in [0.3, 0.4) is 0 Å². The van der Waals surface area contributed by atoms with Gasteiger partial charge < -0.3 is 10.5 Å². The van der Waals surface area contributed by atoms with Gasteiger partial charge in [-0.25, -0.2) is 0 Å². The average Bonchev–Trinajstić information content (AvgIpc) is 2.12. The first-order valence-electron chi connectivity index (χ1n) is 3.88. The largest absolute Gasteiger partial charge is 0.411 e. The Balaban J connectivity index is 2.85. The lowest BCUT2D eigenvalue weighted by Gasteiger charge is -2.05. The second kappa shape index (κ2) is 4.62. The predicted octanol–water partition coefficient (Wildman–Crippen LogP) is 2.05. The summed E-state index contributed by atoms with van der Waals surface area (Å²) in [5.74, 6) is -0.502. The molecule has 1 aromatic carbocycles. The summed E-state index contributed by atoms with van der Waals surface area (Å²) in [6, 6.07) is 5.14. The van der Waals surface area contributed by atoms with Crippen molar-refractivity contribution in [3.8, 4) is 0 Å². The van der Waals surface area contributed by atoms with Crippen LogP contribution in [0.4, 0.5) is 5.69 Å². The van der Waals surface area contributed by atoms with Crippen molar-refractivity contribution in [3.05, 3.63) is 28.8 Å². The fourth-order valence-corrected chi connectivity index (χ4v) is 1.12. The highest BCUT2D eigenvalue weighted by Crippen LogP contribution is 2.19. The van der Waals surface area contributed by atoms with Crippen LogP contribution >= 0.6 is 11.6 Å². The van der Waals surface area contributed by atoms with Gasteiger partial charge in [0.05, 0.1) is 0 Å². The van der Waals surface area contributed by atoms with Crippen molar-refractivity contribution < 1.29 is 10.0 Å². The minimum absolute atomic E-state index is 0.502. The third kappa shape index (κ3) is 2.74. The topological polar surface area (TPSA) is 61.7 Å². The van der Waals surface area contributed by atoms with Crippen LogP contribution in [-0.4, -0.2) is 17.3 Å². The van der Waals surface area contributed by atoms with Gasteiger partial charge in [0.25, 0.3) is 5.91 Å². The first-order valence-corrected chi connectivity index (χ1v) is 4.26. The third-order valence-corrected chi connectivity index (χ3v) is 1.87. The lowest BCUT2D eigenvalue weighted by atomic mass is 10.2. The van der Waals surface area contributed by atoms with Crippen LogP contribution < -0.4 is 5.32 Å². The van der Waals surface area contributed by atoms with Crippen LogP contribution in [0.2, 0.25) is 5.02 Å². The van der Waals surface area contributed by atoms with Gasteiger partial charge in [-0.3, -0.25) is 4.79 Å². The van der Waals surface area contributed by atoms with Gasteiger partial charge in [0.2, 0.25) is 0 Å². The Morgan fingerprint density at radius 3 is 3.00 bits per heavy atom. The molecule has 0 aromatic heterocycles. The lowest BCUT2D eigenvalue weighted by Crippen LogP contribution is -2.13. The molecule has 0 unspecified atom stereocenters. The highest BCUT2D eigenvalue weighted by Gasteiger charge is 2.02. The van der Waals surface area contributed by atoms with E-state index >= 15 is 0 Å². The molecule has 0 aliphatic rings. The first kappa shape index (κ1) is 10.5. The second-order valence-corrected chi connectivity index (χ2v) is 3.13. The minimum atomic E-state index is -0.502. The fourth-order valence-electron chi connectivity index (χ4n) is 0.946. The zero-order valence-electron chi connectivity index (χ0n) is 7.49. The summed E-state index contributed by atoms with van der Waals surface area (Å²) < 4.78 is 0. The molecule has 0 radical (unpaired) electrons. The highest BCUT2D eigenvalue weighted by atomic mass is 35.5. The monoisotopic (exact) mass is 212 g/mol. The molecule has 2 N–H and O–H groups in total. The molecule has 1 amide bonds. The number of nitrogens with one attached hydrogen (secondary N) is 1. The molecule has 0 heterocycles. The number of halogens is 1. The smallest absolute Gasteiger partial charge is 0.270 e. The Morgan fingerprint density at radius 2 is 2.36 bits per heavy atom. The van der Waals surface area contributed by atoms with Crippen LogP contribution in [0.25, 0.3) is 0 Å². The van der Waals surface area contributed by atoms with E-state index in [4.69, 9.17) is 16.8 Å². The second-order valence-electron chi connectivity index (χ2n) is 2.69. The molecule has 14 heavy (non-hydrogen) atoms. The van der Waals surface area contributed by atoms with E-state index in [-0.39, 0.29) is 0 Å². The summed E-state index contributed by atoms with van der Waals surface area (Å²) in [4.78, 5) is 11.0. The molecule has 0 bridgehead atoms. The van der Waals surface area contributed by atoms with Crippen LogP contribution in [-0.2, 0) is 4.79 Å². The molecule has 0 spiro atoms. The number of hydrogen-bond donors (Lipinski definition) is 2. The number of rotatable bonds is 2. The Bertz CT molecular complexity index is 377. The van der Waals surface area contributed by atoms with Gasteiger partial charge in [0.1, 0.15) is 6.21 Å². The van der Waals surface area contributed by atoms with Crippen LogP contribution in [0.5, 0.6) is 0 Å². The van der Waals surface area contributed by atoms with Crippen molar-refractivity contribution in [2.45, 2.75) is 6.92 Å². The Hall–Kier alpha value is -1.55. The Kier molecular flexibility index (Phi) is 3.48. The van der Waals surface area contributed by atoms with Gasteiger partial charge in [0.15, 0.2) is 0 Å². The standard InChI is InChI=1S/C9H9ClN2O2/c1-6-2-3-7(10)4-8(6)12-9(13)5-11-14/h2-5,14H,1H3,(H,12,13)/b11-5-. The average molecular weight is 213 g/mol. The van der Waals surface area contributed by atoms with E-state index in [0.717, 1.165) is 11.8 Å². The van der Waals surface area contributed by atoms with E-state index in [1.54, 1.807) is 18.2 Å². The first-order chi connectivity index (χ1) is 6.63. The molecule has 74 valence electrons. The molecule has 0 saturated carbocycles. The molecular weight excluding hydrogens is 204 g/mol. The normalized spacial score (nSPS) is 10.4. The Labute approximate surface area is 86.2 Å². The van der Waals surface area contributed by atoms with Gasteiger partial charge >= 0.3 is 0 Å². The molecule has 0 fully saturated rings. The molecule has 1 aromatic rings. The Morgan fingerprint density at radius 1 is 1.64 bits per heavy atom. The summed E-state index contributed by atoms with van der Waals surface area (Å²) in [6.45, 7) is 1.84. The number of nitrogens with zero attached hydrogens (tertiary/aromatic N) is 1. The van der Waals surface area contributed by atoms with Crippen molar-refractivity contribution in [2.75, 3.05) is 5.32 Å². The third-order valence-electron chi connectivity index (χ3n) is 1.63. The number of anilines is 1. The summed E-state index contributed by atoms with van der Waals surface area (Å²) in [7, 11) is 0.